The predicted molar refractivity (Wildman–Crippen MR) is 67.3 cm³/mol. The first-order valence-corrected chi connectivity index (χ1v) is 6.53. The Morgan fingerprint density at radius 1 is 1.31 bits per heavy atom. The molecular formula is C12H16N2OS. The molecule has 0 saturated heterocycles. The Morgan fingerprint density at radius 2 is 2.12 bits per heavy atom. The number of hydrogen-bond acceptors (Lipinski definition) is 4. The van der Waals surface area contributed by atoms with Crippen LogP contribution < -0.4 is 4.74 Å². The molecule has 0 radical (unpaired) electrons. The molecule has 0 atom stereocenters. The Hall–Kier alpha value is -1.16. The average molecular weight is 236 g/mol. The van der Waals surface area contributed by atoms with Crippen LogP contribution in [0, 0.1) is 6.92 Å². The summed E-state index contributed by atoms with van der Waals surface area (Å²) in [4.78, 5) is 9.56. The van der Waals surface area contributed by atoms with Crippen LogP contribution in [0.5, 0.6) is 5.06 Å². The molecule has 0 aliphatic carbocycles. The van der Waals surface area contributed by atoms with Gasteiger partial charge in [-0.2, -0.15) is 0 Å². The number of aromatic nitrogens is 2. The van der Waals surface area contributed by atoms with Crippen LogP contribution in [0.3, 0.4) is 0 Å². The van der Waals surface area contributed by atoms with Gasteiger partial charge in [-0.3, -0.25) is 0 Å². The van der Waals surface area contributed by atoms with Crippen LogP contribution in [0.1, 0.15) is 31.5 Å². The van der Waals surface area contributed by atoms with Crippen LogP contribution in [-0.4, -0.2) is 16.6 Å². The Bertz CT molecular complexity index is 493. The number of ether oxygens (including phenoxy) is 1. The van der Waals surface area contributed by atoms with Crippen molar-refractivity contribution in [3.05, 3.63) is 17.6 Å². The maximum Gasteiger partial charge on any atom is 0.179 e. The third-order valence-electron chi connectivity index (χ3n) is 2.54. The molecule has 2 aromatic rings. The molecule has 0 aromatic carbocycles. The standard InChI is InChI=1S/C10H10N2OS.C2H6/c1-6-8-7-3-2-4-13-10(7)14-9(8)12-5-11-6;1-2/h5H,2-4H2,1H3;1-2H3. The van der Waals surface area contributed by atoms with E-state index >= 15 is 0 Å². The van der Waals surface area contributed by atoms with E-state index in [0.717, 1.165) is 35.0 Å². The van der Waals surface area contributed by atoms with E-state index < -0.39 is 0 Å². The smallest absolute Gasteiger partial charge is 0.179 e. The number of rotatable bonds is 0. The van der Waals surface area contributed by atoms with Crippen molar-refractivity contribution in [2.75, 3.05) is 6.61 Å². The van der Waals surface area contributed by atoms with Gasteiger partial charge in [0.25, 0.3) is 0 Å². The number of thiophene rings is 1. The summed E-state index contributed by atoms with van der Waals surface area (Å²) in [5.41, 5.74) is 2.38. The number of fused-ring (bicyclic) bond motifs is 3. The molecule has 86 valence electrons. The third kappa shape index (κ3) is 1.78. The summed E-state index contributed by atoms with van der Waals surface area (Å²) in [7, 11) is 0. The van der Waals surface area contributed by atoms with Crippen LogP contribution in [0.15, 0.2) is 6.33 Å². The highest BCUT2D eigenvalue weighted by Crippen LogP contribution is 2.40. The van der Waals surface area contributed by atoms with Crippen LogP contribution in [0.25, 0.3) is 10.2 Å². The van der Waals surface area contributed by atoms with Crippen LogP contribution in [0.2, 0.25) is 0 Å². The van der Waals surface area contributed by atoms with Gasteiger partial charge < -0.3 is 4.74 Å². The lowest BCUT2D eigenvalue weighted by atomic mass is 10.1. The summed E-state index contributed by atoms with van der Waals surface area (Å²) in [5.74, 6) is 0. The van der Waals surface area contributed by atoms with Crippen molar-refractivity contribution >= 4 is 21.6 Å². The van der Waals surface area contributed by atoms with Gasteiger partial charge in [0.2, 0.25) is 0 Å². The van der Waals surface area contributed by atoms with E-state index in [1.165, 1.54) is 10.9 Å². The van der Waals surface area contributed by atoms with E-state index in [4.69, 9.17) is 4.74 Å². The topological polar surface area (TPSA) is 35.0 Å². The summed E-state index contributed by atoms with van der Waals surface area (Å²) < 4.78 is 5.61. The van der Waals surface area contributed by atoms with Crippen LogP contribution >= 0.6 is 11.3 Å². The zero-order valence-electron chi connectivity index (χ0n) is 9.91. The Kier molecular flexibility index (Phi) is 3.39. The first-order valence-electron chi connectivity index (χ1n) is 5.72. The van der Waals surface area contributed by atoms with E-state index in [1.807, 2.05) is 20.8 Å². The van der Waals surface area contributed by atoms with E-state index in [-0.39, 0.29) is 0 Å². The van der Waals surface area contributed by atoms with E-state index in [0.29, 0.717) is 0 Å². The number of nitrogens with zero attached hydrogens (tertiary/aromatic N) is 2. The minimum absolute atomic E-state index is 0.840. The zero-order chi connectivity index (χ0) is 11.5. The largest absolute Gasteiger partial charge is 0.484 e. The van der Waals surface area contributed by atoms with Crippen molar-refractivity contribution in [1.29, 1.82) is 0 Å². The molecule has 2 aromatic heterocycles. The molecule has 4 heteroatoms. The van der Waals surface area contributed by atoms with Gasteiger partial charge in [0.05, 0.1) is 6.61 Å². The number of hydrogen-bond donors (Lipinski definition) is 0. The monoisotopic (exact) mass is 236 g/mol. The predicted octanol–water partition coefficient (Wildman–Crippen LogP) is 3.35. The Balaban J connectivity index is 0.000000457. The highest BCUT2D eigenvalue weighted by Gasteiger charge is 2.19. The summed E-state index contributed by atoms with van der Waals surface area (Å²) in [5, 5.41) is 2.27. The first-order chi connectivity index (χ1) is 7.86. The van der Waals surface area contributed by atoms with Crippen LogP contribution in [0.4, 0.5) is 0 Å². The molecular weight excluding hydrogens is 220 g/mol. The summed E-state index contributed by atoms with van der Waals surface area (Å²) in [6.45, 7) is 6.87. The maximum absolute atomic E-state index is 5.61. The van der Waals surface area contributed by atoms with Gasteiger partial charge in [-0.05, 0) is 19.8 Å². The summed E-state index contributed by atoms with van der Waals surface area (Å²) in [6.07, 6.45) is 3.83. The normalized spacial score (nSPS) is 13.7. The fraction of sp³-hybridized carbons (Fsp3) is 0.500. The van der Waals surface area contributed by atoms with Gasteiger partial charge in [0.1, 0.15) is 11.2 Å². The highest BCUT2D eigenvalue weighted by molar-refractivity contribution is 7.20. The Labute approximate surface area is 99.5 Å². The quantitative estimate of drug-likeness (QED) is 0.703. The molecule has 1 aliphatic heterocycles. The van der Waals surface area contributed by atoms with Crippen molar-refractivity contribution in [2.45, 2.75) is 33.6 Å². The van der Waals surface area contributed by atoms with Crippen molar-refractivity contribution < 1.29 is 4.74 Å². The van der Waals surface area contributed by atoms with Crippen LogP contribution in [-0.2, 0) is 6.42 Å². The van der Waals surface area contributed by atoms with Crippen molar-refractivity contribution in [2.24, 2.45) is 0 Å². The third-order valence-corrected chi connectivity index (χ3v) is 3.60. The van der Waals surface area contributed by atoms with E-state index in [9.17, 15) is 0 Å². The molecule has 3 heterocycles. The van der Waals surface area contributed by atoms with Gasteiger partial charge in [-0.25, -0.2) is 9.97 Å². The number of aryl methyl sites for hydroxylation is 2. The molecule has 16 heavy (non-hydrogen) atoms. The van der Waals surface area contributed by atoms with Gasteiger partial charge in [0.15, 0.2) is 5.06 Å². The fourth-order valence-electron chi connectivity index (χ4n) is 1.89. The summed E-state index contributed by atoms with van der Waals surface area (Å²) in [6, 6.07) is 0. The lowest BCUT2D eigenvalue weighted by Crippen LogP contribution is -2.05. The molecule has 0 fully saturated rings. The SMILES string of the molecule is CC.Cc1ncnc2sc3c(c12)CCCO3. The van der Waals surface area contributed by atoms with Gasteiger partial charge in [-0.1, -0.05) is 25.2 Å². The van der Waals surface area contributed by atoms with Crippen molar-refractivity contribution in [3.63, 3.8) is 0 Å². The average Bonchev–Trinajstić information content (AvgIpc) is 2.71. The minimum atomic E-state index is 0.840. The minimum Gasteiger partial charge on any atom is -0.484 e. The second-order valence-corrected chi connectivity index (χ2v) is 4.42. The van der Waals surface area contributed by atoms with Gasteiger partial charge in [-0.15, -0.1) is 0 Å². The molecule has 0 spiro atoms. The molecule has 3 nitrogen and oxygen atoms in total. The molecule has 0 unspecified atom stereocenters. The lowest BCUT2D eigenvalue weighted by molar-refractivity contribution is 0.299. The van der Waals surface area contributed by atoms with Crippen molar-refractivity contribution in [3.8, 4) is 5.06 Å². The molecule has 3 rings (SSSR count). The van der Waals surface area contributed by atoms with Crippen molar-refractivity contribution in [1.82, 2.24) is 9.97 Å². The molecule has 0 saturated carbocycles. The second-order valence-electron chi connectivity index (χ2n) is 3.46. The molecule has 0 bridgehead atoms. The molecule has 0 amide bonds. The molecule has 0 N–H and O–H groups in total. The van der Waals surface area contributed by atoms with E-state index in [2.05, 4.69) is 9.97 Å². The molecule has 1 aliphatic rings. The maximum atomic E-state index is 5.61. The first kappa shape index (κ1) is 11.3. The van der Waals surface area contributed by atoms with Gasteiger partial charge in [0, 0.05) is 16.6 Å². The van der Waals surface area contributed by atoms with Gasteiger partial charge >= 0.3 is 0 Å². The Morgan fingerprint density at radius 3 is 2.94 bits per heavy atom. The zero-order valence-corrected chi connectivity index (χ0v) is 10.7. The fourth-order valence-corrected chi connectivity index (χ4v) is 3.00. The summed E-state index contributed by atoms with van der Waals surface area (Å²) >= 11 is 1.64. The van der Waals surface area contributed by atoms with E-state index in [1.54, 1.807) is 17.7 Å². The highest BCUT2D eigenvalue weighted by atomic mass is 32.1. The lowest BCUT2D eigenvalue weighted by Gasteiger charge is -2.12. The second kappa shape index (κ2) is 4.78.